The Labute approximate surface area is 188 Å². The summed E-state index contributed by atoms with van der Waals surface area (Å²) in [4.78, 5) is 52.0. The Balaban J connectivity index is 2.15. The van der Waals surface area contributed by atoms with E-state index in [9.17, 15) is 19.2 Å². The van der Waals surface area contributed by atoms with Crippen molar-refractivity contribution in [2.75, 3.05) is 31.6 Å². The molecule has 0 bridgehead atoms. The standard InChI is InChI=1S/C20H27BrN4O6/c1-12(2)20(11-15(28)25(7-9-26)8-10-27)17(29)16(18(30)24-20)23-19(31)22-14-5-3-13(21)4-6-14/h3-6,12,16,26-27H,7-11H2,1-2H3,(H,24,30)(H2,22,23,31). The summed E-state index contributed by atoms with van der Waals surface area (Å²) in [6.07, 6.45) is -0.345. The first-order valence-electron chi connectivity index (χ1n) is 9.83. The molecule has 2 unspecified atom stereocenters. The molecule has 170 valence electrons. The number of nitrogens with zero attached hydrogens (tertiary/aromatic N) is 1. The number of urea groups is 1. The van der Waals surface area contributed by atoms with Gasteiger partial charge in [-0.2, -0.15) is 0 Å². The maximum Gasteiger partial charge on any atom is 0.320 e. The van der Waals surface area contributed by atoms with Crippen LogP contribution in [0, 0.1) is 5.92 Å². The van der Waals surface area contributed by atoms with Crippen LogP contribution in [-0.2, 0) is 14.4 Å². The molecule has 0 aromatic heterocycles. The number of halogens is 1. The van der Waals surface area contributed by atoms with Crippen molar-refractivity contribution in [3.05, 3.63) is 28.7 Å². The molecule has 1 heterocycles. The van der Waals surface area contributed by atoms with Gasteiger partial charge >= 0.3 is 6.03 Å². The van der Waals surface area contributed by atoms with Crippen molar-refractivity contribution in [1.29, 1.82) is 0 Å². The molecule has 2 rings (SSSR count). The minimum atomic E-state index is -1.51. The number of rotatable bonds is 9. The number of aliphatic hydroxyl groups is 2. The predicted octanol–water partition coefficient (Wildman–Crippen LogP) is 0.236. The normalized spacial score (nSPS) is 20.5. The topological polar surface area (TPSA) is 148 Å². The lowest BCUT2D eigenvalue weighted by Gasteiger charge is -2.33. The highest BCUT2D eigenvalue weighted by Crippen LogP contribution is 2.30. The first-order chi connectivity index (χ1) is 14.6. The quantitative estimate of drug-likeness (QED) is 0.308. The summed E-state index contributed by atoms with van der Waals surface area (Å²) in [5.41, 5.74) is -1.03. The van der Waals surface area contributed by atoms with E-state index in [1.807, 2.05) is 0 Å². The molecule has 10 nitrogen and oxygen atoms in total. The van der Waals surface area contributed by atoms with Crippen LogP contribution in [0.5, 0.6) is 0 Å². The van der Waals surface area contributed by atoms with Gasteiger partial charge in [0.15, 0.2) is 11.8 Å². The molecule has 0 saturated carbocycles. The summed E-state index contributed by atoms with van der Waals surface area (Å²) in [7, 11) is 0. The van der Waals surface area contributed by atoms with Gasteiger partial charge in [-0.3, -0.25) is 14.4 Å². The molecule has 0 aliphatic carbocycles. The fraction of sp³-hybridized carbons (Fsp3) is 0.500. The summed E-state index contributed by atoms with van der Waals surface area (Å²) >= 11 is 3.29. The molecule has 2 atom stereocenters. The molecule has 31 heavy (non-hydrogen) atoms. The van der Waals surface area contributed by atoms with Crippen molar-refractivity contribution < 1.29 is 29.4 Å². The van der Waals surface area contributed by atoms with E-state index in [4.69, 9.17) is 10.2 Å². The third-order valence-electron chi connectivity index (χ3n) is 5.20. The van der Waals surface area contributed by atoms with Crippen LogP contribution in [0.3, 0.4) is 0 Å². The third-order valence-corrected chi connectivity index (χ3v) is 5.72. The molecular weight excluding hydrogens is 472 g/mol. The van der Waals surface area contributed by atoms with Crippen molar-refractivity contribution in [2.45, 2.75) is 31.8 Å². The number of nitrogens with one attached hydrogen (secondary N) is 3. The Morgan fingerprint density at radius 2 is 1.74 bits per heavy atom. The number of Topliss-reactive ketones (excluding diaryl/α,β-unsaturated/α-hetero) is 1. The minimum Gasteiger partial charge on any atom is -0.395 e. The van der Waals surface area contributed by atoms with E-state index in [2.05, 4.69) is 31.9 Å². The Hall–Kier alpha value is -2.50. The second-order valence-electron chi connectivity index (χ2n) is 7.52. The van der Waals surface area contributed by atoms with Crippen LogP contribution < -0.4 is 16.0 Å². The van der Waals surface area contributed by atoms with Gasteiger partial charge < -0.3 is 31.1 Å². The maximum atomic E-state index is 13.2. The monoisotopic (exact) mass is 498 g/mol. The van der Waals surface area contributed by atoms with E-state index < -0.39 is 41.1 Å². The molecule has 0 radical (unpaired) electrons. The third kappa shape index (κ3) is 5.81. The smallest absolute Gasteiger partial charge is 0.320 e. The van der Waals surface area contributed by atoms with E-state index in [1.54, 1.807) is 38.1 Å². The SMILES string of the molecule is CC(C)C1(CC(=O)N(CCO)CCO)NC(=O)C(NC(=O)Nc2ccc(Br)cc2)C1=O. The summed E-state index contributed by atoms with van der Waals surface area (Å²) in [5, 5.41) is 25.8. The van der Waals surface area contributed by atoms with Gasteiger partial charge in [0.2, 0.25) is 5.91 Å². The second kappa shape index (κ2) is 10.7. The fourth-order valence-corrected chi connectivity index (χ4v) is 3.67. The molecule has 0 spiro atoms. The molecule has 1 aliphatic rings. The molecule has 1 aromatic carbocycles. The summed E-state index contributed by atoms with van der Waals surface area (Å²) < 4.78 is 0.826. The lowest BCUT2D eigenvalue weighted by Crippen LogP contribution is -2.55. The van der Waals surface area contributed by atoms with Gasteiger partial charge in [-0.25, -0.2) is 4.79 Å². The van der Waals surface area contributed by atoms with Crippen molar-refractivity contribution in [2.24, 2.45) is 5.92 Å². The van der Waals surface area contributed by atoms with E-state index in [0.717, 1.165) is 4.47 Å². The van der Waals surface area contributed by atoms with E-state index in [0.29, 0.717) is 5.69 Å². The number of hydrogen-bond donors (Lipinski definition) is 5. The van der Waals surface area contributed by atoms with Gasteiger partial charge in [0.25, 0.3) is 5.91 Å². The van der Waals surface area contributed by atoms with Gasteiger partial charge in [0.05, 0.1) is 19.6 Å². The molecule has 1 saturated heterocycles. The summed E-state index contributed by atoms with van der Waals surface area (Å²) in [5.74, 6) is -2.25. The highest BCUT2D eigenvalue weighted by atomic mass is 79.9. The lowest BCUT2D eigenvalue weighted by atomic mass is 9.79. The number of carbonyl (C=O) groups is 4. The summed E-state index contributed by atoms with van der Waals surface area (Å²) in [6.45, 7) is 2.76. The number of amides is 4. The first kappa shape index (κ1) is 24.8. The molecule has 1 fully saturated rings. The van der Waals surface area contributed by atoms with E-state index in [1.165, 1.54) is 4.90 Å². The number of aliphatic hydroxyl groups excluding tert-OH is 2. The van der Waals surface area contributed by atoms with E-state index in [-0.39, 0.29) is 32.7 Å². The average Bonchev–Trinajstić information content (AvgIpc) is 2.94. The lowest BCUT2D eigenvalue weighted by molar-refractivity contribution is -0.138. The largest absolute Gasteiger partial charge is 0.395 e. The van der Waals surface area contributed by atoms with Crippen LogP contribution in [0.25, 0.3) is 0 Å². The Morgan fingerprint density at radius 3 is 2.26 bits per heavy atom. The Kier molecular flexibility index (Phi) is 8.54. The summed E-state index contributed by atoms with van der Waals surface area (Å²) in [6, 6.07) is 4.56. The van der Waals surface area contributed by atoms with Gasteiger partial charge in [0, 0.05) is 23.2 Å². The van der Waals surface area contributed by atoms with Crippen LogP contribution in [0.4, 0.5) is 10.5 Å². The number of carbonyl (C=O) groups excluding carboxylic acids is 4. The van der Waals surface area contributed by atoms with Crippen LogP contribution in [0.15, 0.2) is 28.7 Å². The minimum absolute atomic E-state index is 0.00696. The zero-order chi connectivity index (χ0) is 23.2. The highest BCUT2D eigenvalue weighted by Gasteiger charge is 2.56. The predicted molar refractivity (Wildman–Crippen MR) is 116 cm³/mol. The number of benzene rings is 1. The van der Waals surface area contributed by atoms with Crippen molar-refractivity contribution in [3.8, 4) is 0 Å². The van der Waals surface area contributed by atoms with E-state index >= 15 is 0 Å². The molecular formula is C20H27BrN4O6. The van der Waals surface area contributed by atoms with Gasteiger partial charge in [-0.1, -0.05) is 29.8 Å². The fourth-order valence-electron chi connectivity index (χ4n) is 3.41. The van der Waals surface area contributed by atoms with Crippen molar-refractivity contribution in [1.82, 2.24) is 15.5 Å². The van der Waals surface area contributed by atoms with Crippen molar-refractivity contribution in [3.63, 3.8) is 0 Å². The zero-order valence-corrected chi connectivity index (χ0v) is 18.9. The van der Waals surface area contributed by atoms with Crippen LogP contribution in [0.1, 0.15) is 20.3 Å². The zero-order valence-electron chi connectivity index (χ0n) is 17.4. The molecule has 11 heteroatoms. The maximum absolute atomic E-state index is 13.2. The number of ketones is 1. The first-order valence-corrected chi connectivity index (χ1v) is 10.6. The number of hydrogen-bond acceptors (Lipinski definition) is 6. The van der Waals surface area contributed by atoms with Gasteiger partial charge in [-0.05, 0) is 30.2 Å². The molecule has 1 aromatic rings. The molecule has 5 N–H and O–H groups in total. The van der Waals surface area contributed by atoms with Crippen LogP contribution in [-0.4, -0.2) is 76.6 Å². The van der Waals surface area contributed by atoms with Gasteiger partial charge in [0.1, 0.15) is 5.54 Å². The van der Waals surface area contributed by atoms with Crippen LogP contribution in [0.2, 0.25) is 0 Å². The second-order valence-corrected chi connectivity index (χ2v) is 8.44. The Morgan fingerprint density at radius 1 is 1.16 bits per heavy atom. The highest BCUT2D eigenvalue weighted by molar-refractivity contribution is 9.10. The van der Waals surface area contributed by atoms with Crippen LogP contribution >= 0.6 is 15.9 Å². The Bertz CT molecular complexity index is 825. The number of anilines is 1. The molecule has 4 amide bonds. The van der Waals surface area contributed by atoms with Gasteiger partial charge in [-0.15, -0.1) is 0 Å². The van der Waals surface area contributed by atoms with Crippen molar-refractivity contribution >= 4 is 45.2 Å². The molecule has 1 aliphatic heterocycles. The average molecular weight is 499 g/mol.